The summed E-state index contributed by atoms with van der Waals surface area (Å²) < 4.78 is 449. The van der Waals surface area contributed by atoms with Gasteiger partial charge in [-0.05, 0) is 44.1 Å². The quantitative estimate of drug-likeness (QED) is 0.0137. The van der Waals surface area contributed by atoms with Gasteiger partial charge in [0.25, 0.3) is 0 Å². The fourth-order valence-corrected chi connectivity index (χ4v) is 17.6. The number of nitrogens with zero attached hydrogens (tertiary/aromatic N) is 2. The zero-order chi connectivity index (χ0) is 100. The number of amides is 2. The van der Waals surface area contributed by atoms with Gasteiger partial charge in [0.15, 0.2) is 26.7 Å². The summed E-state index contributed by atoms with van der Waals surface area (Å²) in [6.07, 6.45) is -35.3. The smallest absolute Gasteiger partial charge is 0.379 e. The van der Waals surface area contributed by atoms with Gasteiger partial charge in [0.1, 0.15) is 26.6 Å². The van der Waals surface area contributed by atoms with Crippen LogP contribution in [0, 0.1) is 0 Å². The molecule has 0 aliphatic heterocycles. The first kappa shape index (κ1) is 142. The topological polar surface area (TPSA) is 234 Å². The summed E-state index contributed by atoms with van der Waals surface area (Å²) in [5.74, 6) is -7.50. The zero-order valence-electron chi connectivity index (χ0n) is 73.4. The third-order valence-corrected chi connectivity index (χ3v) is 31.7. The number of hydrogen-bond donors (Lipinski definition) is 0. The maximum absolute atomic E-state index is 13.2. The minimum Gasteiger partial charge on any atom is -0.379 e. The maximum atomic E-state index is 13.2. The summed E-state index contributed by atoms with van der Waals surface area (Å²) in [7, 11) is 12.7. The number of hydrogen-bond acceptors (Lipinski definition) is 23. The second-order valence-electron chi connectivity index (χ2n) is 23.7. The van der Waals surface area contributed by atoms with Gasteiger partial charge in [-0.25, -0.2) is 66.7 Å². The third kappa shape index (κ3) is 80.4. The van der Waals surface area contributed by atoms with Gasteiger partial charge in [0.2, 0.25) is 12.3 Å². The van der Waals surface area contributed by atoms with Crippen LogP contribution in [0.3, 0.4) is 0 Å². The lowest BCUT2D eigenvalue weighted by atomic mass is 10.2. The summed E-state index contributed by atoms with van der Waals surface area (Å²) in [6, 6.07) is 2.78. The van der Waals surface area contributed by atoms with E-state index in [1.165, 1.54) is 135 Å². The summed E-state index contributed by atoms with van der Waals surface area (Å²) in [4.78, 5) is 23.6. The summed E-state index contributed by atoms with van der Waals surface area (Å²) in [6.45, 7) is -3.98. The van der Waals surface area contributed by atoms with E-state index in [4.69, 9.17) is 89.1 Å². The van der Waals surface area contributed by atoms with E-state index in [1.807, 2.05) is 0 Å². The Morgan fingerprint density at radius 1 is 0.352 bits per heavy atom. The Morgan fingerprint density at radius 3 is 0.832 bits per heavy atom. The molecule has 25 nitrogen and oxygen atoms in total. The minimum atomic E-state index is -5.42. The predicted octanol–water partition coefficient (Wildman–Crippen LogP) is 18.2. The standard InChI is InChI=1S/C13H30FNO7Si2.C10H21F3O5Si.C8H18FNO4Si.C8H17FO3Si.C6H13FO.C5H13FO3Si.2C4H3F7.2C3H4F4/c1-17-23(18-2,19-3)11-7-9-15(13(14)16)10-8-12-24(20-4,21-5)22-6;1-14-19(15-2,16-3)8-4-6-17-9-10(12,13)18-7-5-11;1-10(8(9)11)6-5-7-15(12-2,13-3)14-4;1-8(7-9)5-6-13(10-2,11-3)12-4;1-2-3-5-8-6-4-7;1-7-10(8-2,9-3)5-4-6;2*5-2(4(9,10)11)1-3(6,7)8;2*4-1-3(6,7)2-5/h7-12H2,1-6H3;4-9H2,1-3H3;5-7H2,1-4H3;1,5-7H2,2-4H3;2-6H2,1H3;4-5H2,1-3H3;2*2H,1H2;2*1-2H2. The van der Waals surface area contributed by atoms with Crippen molar-refractivity contribution in [2.45, 2.75) is 156 Å². The first-order valence-corrected chi connectivity index (χ1v) is 47.6. The molecule has 0 aliphatic rings. The molecule has 0 aromatic carbocycles. The molecule has 0 aliphatic carbocycles. The van der Waals surface area contributed by atoms with Crippen LogP contribution in [-0.4, -0.2) is 371 Å². The largest absolute Gasteiger partial charge is 0.502 e. The molecule has 0 radical (unpaired) electrons. The molecule has 125 heavy (non-hydrogen) atoms. The highest BCUT2D eigenvalue weighted by atomic mass is 28.4. The van der Waals surface area contributed by atoms with Crippen molar-refractivity contribution in [1.29, 1.82) is 0 Å². The second-order valence-corrected chi connectivity index (χ2v) is 42.3. The number of unbranched alkanes of at least 4 members (excludes halogenated alkanes) is 1. The van der Waals surface area contributed by atoms with Crippen molar-refractivity contribution in [3.63, 3.8) is 0 Å². The molecule has 2 unspecified atom stereocenters. The highest BCUT2D eigenvalue weighted by molar-refractivity contribution is 6.62. The molecule has 0 bridgehead atoms. The number of rotatable bonds is 56. The van der Waals surface area contributed by atoms with Gasteiger partial charge in [0, 0.05) is 204 Å². The number of alkyl halides is 28. The molecule has 0 heterocycles. The van der Waals surface area contributed by atoms with Crippen LogP contribution in [0.15, 0.2) is 12.2 Å². The first-order valence-electron chi connectivity index (χ1n) is 36.0. The van der Waals surface area contributed by atoms with Gasteiger partial charge < -0.3 is 104 Å². The van der Waals surface area contributed by atoms with Crippen LogP contribution >= 0.6 is 0 Å². The van der Waals surface area contributed by atoms with Crippen LogP contribution < -0.4 is 0 Å². The SMILES string of the molecule is C=C(CF)CC[Si](OC)(OC)OC.CCCCOCCF.CO[Si](CCCN(C)C(=O)F)(OC)OC.CO[Si](CCCN(CCC[Si](OC)(OC)OC)C(=O)F)(OC)OC.CO[Si](CCCOCC(F)(F)OCCF)(OC)OC.CO[Si](CCF)(OC)OC.FC(CC(F)(F)F)C(F)(F)F.FC(CC(F)(F)F)C(F)(F)F.FCC(F)(F)CF.FCC(F)(F)CF. The number of allylic oxidation sites excluding steroid dienone is 1. The van der Waals surface area contributed by atoms with Crippen molar-refractivity contribution >= 4 is 65.1 Å². The molecule has 0 aromatic rings. The van der Waals surface area contributed by atoms with Gasteiger partial charge in [-0.15, -0.1) is 8.78 Å². The van der Waals surface area contributed by atoms with E-state index in [0.29, 0.717) is 81.0 Å². The average molecular weight is 2030 g/mol. The van der Waals surface area contributed by atoms with Crippen LogP contribution in [0.4, 0.5) is 141 Å². The molecule has 2 amide bonds. The average Bonchev–Trinajstić information content (AvgIpc) is 0.847. The minimum absolute atomic E-state index is 0.0827. The molecule has 0 spiro atoms. The number of ether oxygens (including phenoxy) is 3. The number of carbonyl (C=O) groups excluding carboxylic acids is 2. The van der Waals surface area contributed by atoms with Crippen molar-refractivity contribution in [2.24, 2.45) is 0 Å². The molecule has 2 atom stereocenters. The zero-order valence-corrected chi connectivity index (χ0v) is 79.4. The normalized spacial score (nSPS) is 12.8. The molecule has 0 rings (SSSR count). The van der Waals surface area contributed by atoms with E-state index in [-0.39, 0.29) is 39.0 Å². The van der Waals surface area contributed by atoms with Crippen molar-refractivity contribution in [2.75, 3.05) is 241 Å². The fraction of sp³-hybridized carbons (Fsp3) is 0.938. The van der Waals surface area contributed by atoms with Crippen LogP contribution in [0.25, 0.3) is 0 Å². The Hall–Kier alpha value is -2.96. The van der Waals surface area contributed by atoms with E-state index in [1.54, 1.807) is 0 Å². The van der Waals surface area contributed by atoms with Crippen molar-refractivity contribution in [3.8, 4) is 0 Å². The molecule has 764 valence electrons. The Kier molecular flexibility index (Phi) is 90.7. The van der Waals surface area contributed by atoms with Crippen LogP contribution in [-0.2, 0) is 93.9 Å². The lowest BCUT2D eigenvalue weighted by Gasteiger charge is -2.27. The molecule has 0 saturated heterocycles. The Labute approximate surface area is 717 Å². The van der Waals surface area contributed by atoms with Crippen molar-refractivity contribution in [3.05, 3.63) is 12.2 Å². The van der Waals surface area contributed by atoms with E-state index in [9.17, 15) is 141 Å². The van der Waals surface area contributed by atoms with Gasteiger partial charge in [-0.1, -0.05) is 19.9 Å². The molecular formula is C64H126F30N2O23Si6. The lowest BCUT2D eigenvalue weighted by Crippen LogP contribution is -2.44. The third-order valence-electron chi connectivity index (χ3n) is 14.9. The monoisotopic (exact) mass is 2030 g/mol. The second kappa shape index (κ2) is 79.6. The Morgan fingerprint density at radius 2 is 0.624 bits per heavy atom. The predicted molar refractivity (Wildman–Crippen MR) is 407 cm³/mol. The summed E-state index contributed by atoms with van der Waals surface area (Å²) in [5.41, 5.74) is 0.544. The van der Waals surface area contributed by atoms with Gasteiger partial charge in [0.05, 0.1) is 32.7 Å². The van der Waals surface area contributed by atoms with Gasteiger partial charge >= 0.3 is 108 Å². The van der Waals surface area contributed by atoms with E-state index in [0.717, 1.165) is 22.6 Å². The van der Waals surface area contributed by atoms with E-state index in [2.05, 4.69) is 18.2 Å². The molecule has 0 aromatic heterocycles. The molecule has 0 N–H and O–H groups in total. The summed E-state index contributed by atoms with van der Waals surface area (Å²) >= 11 is 0. The van der Waals surface area contributed by atoms with Gasteiger partial charge in [-0.3, -0.25) is 4.39 Å². The molecular weight excluding hydrogens is 1900 g/mol. The first-order chi connectivity index (χ1) is 57.6. The molecule has 0 saturated carbocycles. The lowest BCUT2D eigenvalue weighted by molar-refractivity contribution is -0.265. The van der Waals surface area contributed by atoms with Crippen molar-refractivity contribution in [1.82, 2.24) is 9.80 Å². The summed E-state index contributed by atoms with van der Waals surface area (Å²) in [5, 5.41) is 0. The highest BCUT2D eigenvalue weighted by Crippen LogP contribution is 2.34. The van der Waals surface area contributed by atoms with Crippen LogP contribution in [0.5, 0.6) is 0 Å². The van der Waals surface area contributed by atoms with E-state index < -0.39 is 193 Å². The van der Waals surface area contributed by atoms with Crippen molar-refractivity contribution < 1.29 is 235 Å². The van der Waals surface area contributed by atoms with Crippen LogP contribution in [0.2, 0.25) is 36.3 Å². The van der Waals surface area contributed by atoms with Crippen LogP contribution in [0.1, 0.15) is 64.7 Å². The highest BCUT2D eigenvalue weighted by Gasteiger charge is 2.49. The molecule has 61 heteroatoms. The van der Waals surface area contributed by atoms with E-state index >= 15 is 0 Å². The molecule has 0 fully saturated rings. The number of halogens is 30. The fourth-order valence-electron chi connectivity index (χ4n) is 7.65. The Balaban J connectivity index is -0.000000151. The van der Waals surface area contributed by atoms with Gasteiger partial charge in [-0.2, -0.15) is 61.5 Å². The Bertz CT molecular complexity index is 2320. The number of carbonyl (C=O) groups is 2. The maximum Gasteiger partial charge on any atom is 0.502 e.